The van der Waals surface area contributed by atoms with Crippen molar-refractivity contribution in [3.63, 3.8) is 0 Å². The molecule has 1 aromatic heterocycles. The van der Waals surface area contributed by atoms with E-state index < -0.39 is 0 Å². The molecule has 23 heavy (non-hydrogen) atoms. The Morgan fingerprint density at radius 1 is 1.35 bits per heavy atom. The van der Waals surface area contributed by atoms with Gasteiger partial charge in [0.15, 0.2) is 5.82 Å². The molecular weight excluding hydrogens is 294 g/mol. The van der Waals surface area contributed by atoms with Gasteiger partial charge in [-0.05, 0) is 12.5 Å². The van der Waals surface area contributed by atoms with Gasteiger partial charge in [0.2, 0.25) is 0 Å². The van der Waals surface area contributed by atoms with E-state index in [2.05, 4.69) is 25.4 Å². The van der Waals surface area contributed by atoms with Crippen molar-refractivity contribution in [2.75, 3.05) is 6.61 Å². The number of benzene rings is 1. The predicted octanol–water partition coefficient (Wildman–Crippen LogP) is 1.55. The van der Waals surface area contributed by atoms with Gasteiger partial charge >= 0.3 is 6.03 Å². The quantitative estimate of drug-likeness (QED) is 0.901. The van der Waals surface area contributed by atoms with Crippen LogP contribution in [0.15, 0.2) is 24.3 Å². The first-order valence-corrected chi connectivity index (χ1v) is 7.98. The lowest BCUT2D eigenvalue weighted by atomic mass is 10.0. The number of rotatable bonds is 3. The molecule has 120 valence electrons. The van der Waals surface area contributed by atoms with Crippen LogP contribution in [0.4, 0.5) is 4.79 Å². The van der Waals surface area contributed by atoms with Crippen LogP contribution in [0.25, 0.3) is 0 Å². The van der Waals surface area contributed by atoms with Gasteiger partial charge in [-0.2, -0.15) is 0 Å². The number of para-hydroxylation sites is 1. The molecule has 0 spiro atoms. The second-order valence-corrected chi connectivity index (χ2v) is 5.84. The number of carbonyl (C=O) groups excluding carboxylic acids is 1. The molecule has 1 unspecified atom stereocenters. The molecule has 7 heteroatoms. The highest BCUT2D eigenvalue weighted by Crippen LogP contribution is 2.31. The highest BCUT2D eigenvalue weighted by Gasteiger charge is 2.23. The molecule has 2 amide bonds. The summed E-state index contributed by atoms with van der Waals surface area (Å²) in [5.41, 5.74) is 1.03. The van der Waals surface area contributed by atoms with Gasteiger partial charge in [0.25, 0.3) is 0 Å². The fourth-order valence-electron chi connectivity index (χ4n) is 3.20. The highest BCUT2D eigenvalue weighted by atomic mass is 16.5. The first-order chi connectivity index (χ1) is 11.3. The number of ether oxygens (including phenoxy) is 1. The molecule has 2 aliphatic rings. The third kappa shape index (κ3) is 2.74. The van der Waals surface area contributed by atoms with Gasteiger partial charge in [0.05, 0.1) is 19.2 Å². The summed E-state index contributed by atoms with van der Waals surface area (Å²) in [4.78, 5) is 12.2. The number of aryl methyl sites for hydroxylation is 1. The van der Waals surface area contributed by atoms with E-state index in [1.165, 1.54) is 0 Å². The van der Waals surface area contributed by atoms with Gasteiger partial charge in [-0.1, -0.05) is 18.2 Å². The molecule has 0 bridgehead atoms. The van der Waals surface area contributed by atoms with Crippen LogP contribution in [-0.2, 0) is 19.5 Å². The molecule has 2 aromatic rings. The number of carbonyl (C=O) groups is 1. The summed E-state index contributed by atoms with van der Waals surface area (Å²) < 4.78 is 7.70. The van der Waals surface area contributed by atoms with Crippen molar-refractivity contribution < 1.29 is 9.53 Å². The topological polar surface area (TPSA) is 81.1 Å². The number of amides is 2. The van der Waals surface area contributed by atoms with Crippen molar-refractivity contribution in [1.29, 1.82) is 0 Å². The van der Waals surface area contributed by atoms with Crippen LogP contribution in [0.3, 0.4) is 0 Å². The first-order valence-electron chi connectivity index (χ1n) is 7.98. The van der Waals surface area contributed by atoms with Gasteiger partial charge < -0.3 is 19.9 Å². The fraction of sp³-hybridized carbons (Fsp3) is 0.438. The molecule has 1 aromatic carbocycles. The Bertz CT molecular complexity index is 727. The van der Waals surface area contributed by atoms with E-state index in [4.69, 9.17) is 4.74 Å². The van der Waals surface area contributed by atoms with Gasteiger partial charge in [0, 0.05) is 24.9 Å². The van der Waals surface area contributed by atoms with E-state index in [0.717, 1.165) is 48.8 Å². The molecule has 3 heterocycles. The maximum Gasteiger partial charge on any atom is 0.315 e. The zero-order chi connectivity index (χ0) is 15.6. The number of fused-ring (bicyclic) bond motifs is 2. The minimum Gasteiger partial charge on any atom is -0.493 e. The maximum atomic E-state index is 12.2. The Balaban J connectivity index is 1.37. The van der Waals surface area contributed by atoms with Gasteiger partial charge in [-0.3, -0.25) is 0 Å². The Labute approximate surface area is 134 Å². The molecular formula is C16H19N5O2. The summed E-state index contributed by atoms with van der Waals surface area (Å²) in [7, 11) is 0. The average molecular weight is 313 g/mol. The summed E-state index contributed by atoms with van der Waals surface area (Å²) in [5, 5.41) is 14.2. The summed E-state index contributed by atoms with van der Waals surface area (Å²) in [6, 6.07) is 7.60. The Hall–Kier alpha value is -2.57. The number of urea groups is 1. The largest absolute Gasteiger partial charge is 0.493 e. The zero-order valence-corrected chi connectivity index (χ0v) is 12.8. The van der Waals surface area contributed by atoms with Crippen molar-refractivity contribution in [2.45, 2.75) is 38.4 Å². The lowest BCUT2D eigenvalue weighted by Crippen LogP contribution is -2.39. The minimum atomic E-state index is -0.193. The highest BCUT2D eigenvalue weighted by molar-refractivity contribution is 5.74. The number of hydrogen-bond donors (Lipinski definition) is 2. The van der Waals surface area contributed by atoms with E-state index in [1.807, 2.05) is 24.3 Å². The van der Waals surface area contributed by atoms with E-state index in [9.17, 15) is 4.79 Å². The molecule has 2 aliphatic heterocycles. The predicted molar refractivity (Wildman–Crippen MR) is 83.0 cm³/mol. The first kappa shape index (κ1) is 14.0. The van der Waals surface area contributed by atoms with Crippen LogP contribution in [0.2, 0.25) is 0 Å². The Kier molecular flexibility index (Phi) is 3.61. The molecule has 2 N–H and O–H groups in total. The summed E-state index contributed by atoms with van der Waals surface area (Å²) in [6.07, 6.45) is 2.84. The molecule has 0 saturated heterocycles. The van der Waals surface area contributed by atoms with E-state index >= 15 is 0 Å². The van der Waals surface area contributed by atoms with E-state index in [1.54, 1.807) is 0 Å². The Morgan fingerprint density at radius 2 is 2.26 bits per heavy atom. The third-order valence-corrected chi connectivity index (χ3v) is 4.36. The summed E-state index contributed by atoms with van der Waals surface area (Å²) in [6.45, 7) is 1.94. The van der Waals surface area contributed by atoms with Crippen LogP contribution in [0.5, 0.6) is 5.75 Å². The molecule has 0 saturated carbocycles. The summed E-state index contributed by atoms with van der Waals surface area (Å²) >= 11 is 0. The smallest absolute Gasteiger partial charge is 0.315 e. The van der Waals surface area contributed by atoms with Crippen molar-refractivity contribution in [3.8, 4) is 5.75 Å². The number of aromatic nitrogens is 3. The van der Waals surface area contributed by atoms with E-state index in [-0.39, 0.29) is 12.1 Å². The van der Waals surface area contributed by atoms with Crippen LogP contribution in [-0.4, -0.2) is 27.4 Å². The average Bonchev–Trinajstić information content (AvgIpc) is 3.17. The maximum absolute atomic E-state index is 12.2. The van der Waals surface area contributed by atoms with Crippen LogP contribution >= 0.6 is 0 Å². The number of nitrogens with one attached hydrogen (secondary N) is 2. The molecule has 0 radical (unpaired) electrons. The van der Waals surface area contributed by atoms with Gasteiger partial charge in [-0.25, -0.2) is 4.79 Å². The second kappa shape index (κ2) is 5.91. The van der Waals surface area contributed by atoms with Crippen molar-refractivity contribution >= 4 is 6.03 Å². The van der Waals surface area contributed by atoms with Crippen LogP contribution in [0, 0.1) is 0 Å². The number of nitrogens with zero attached hydrogens (tertiary/aromatic N) is 3. The van der Waals surface area contributed by atoms with E-state index in [0.29, 0.717) is 13.2 Å². The standard InChI is InChI=1S/C16H19N5O2/c22-16(17-10-15-20-19-14-6-3-8-21(14)15)18-12-7-9-23-13-5-2-1-4-11(12)13/h1-2,4-5,12H,3,6-10H2,(H2,17,18,22). The SMILES string of the molecule is O=C(NCc1nnc2n1CCC2)NC1CCOc2ccccc21. The van der Waals surface area contributed by atoms with Crippen molar-refractivity contribution in [1.82, 2.24) is 25.4 Å². The van der Waals surface area contributed by atoms with Crippen LogP contribution in [0.1, 0.15) is 36.1 Å². The zero-order valence-electron chi connectivity index (χ0n) is 12.8. The second-order valence-electron chi connectivity index (χ2n) is 5.84. The lowest BCUT2D eigenvalue weighted by Gasteiger charge is -2.26. The van der Waals surface area contributed by atoms with Gasteiger partial charge in [0.1, 0.15) is 11.6 Å². The minimum absolute atomic E-state index is 0.0240. The number of hydrogen-bond acceptors (Lipinski definition) is 4. The normalized spacial score (nSPS) is 18.7. The molecule has 7 nitrogen and oxygen atoms in total. The summed E-state index contributed by atoms with van der Waals surface area (Å²) in [5.74, 6) is 2.68. The third-order valence-electron chi connectivity index (χ3n) is 4.36. The van der Waals surface area contributed by atoms with Crippen LogP contribution < -0.4 is 15.4 Å². The molecule has 0 aliphatic carbocycles. The molecule has 0 fully saturated rings. The van der Waals surface area contributed by atoms with Crippen molar-refractivity contribution in [3.05, 3.63) is 41.5 Å². The molecule has 1 atom stereocenters. The monoisotopic (exact) mass is 313 g/mol. The Morgan fingerprint density at radius 3 is 3.22 bits per heavy atom. The lowest BCUT2D eigenvalue weighted by molar-refractivity contribution is 0.223. The van der Waals surface area contributed by atoms with Gasteiger partial charge in [-0.15, -0.1) is 10.2 Å². The molecule has 4 rings (SSSR count). The van der Waals surface area contributed by atoms with Crippen molar-refractivity contribution in [2.24, 2.45) is 0 Å². The fourth-order valence-corrected chi connectivity index (χ4v) is 3.20.